The molecule has 15 heteroatoms. The van der Waals surface area contributed by atoms with Crippen molar-refractivity contribution < 1.29 is 75.1 Å². The van der Waals surface area contributed by atoms with Gasteiger partial charge >= 0.3 is 5.79 Å². The summed E-state index contributed by atoms with van der Waals surface area (Å²) in [6, 6.07) is 21.8. The highest BCUT2D eigenvalue weighted by molar-refractivity contribution is 5.72. The number of rotatable bonds is 4. The van der Waals surface area contributed by atoms with Crippen molar-refractivity contribution in [2.75, 3.05) is 0 Å². The Balaban J connectivity index is 1.24. The number of aliphatic hydroxyl groups is 3. The summed E-state index contributed by atoms with van der Waals surface area (Å²) < 4.78 is 26.0. The fraction of sp³-hybridized carbons (Fsp3) is 0.200. The Kier molecular flexibility index (Phi) is 8.13. The fourth-order valence-electron chi connectivity index (χ4n) is 9.17. The van der Waals surface area contributed by atoms with Gasteiger partial charge in [-0.1, -0.05) is 24.3 Å². The van der Waals surface area contributed by atoms with Crippen molar-refractivity contribution in [2.24, 2.45) is 0 Å². The number of aromatic hydroxyl groups is 8. The Bertz CT molecular complexity index is 2700. The van der Waals surface area contributed by atoms with Gasteiger partial charge in [0.15, 0.2) is 6.10 Å². The summed E-state index contributed by atoms with van der Waals surface area (Å²) in [7, 11) is 0. The highest BCUT2D eigenvalue weighted by Gasteiger charge is 2.61. The zero-order valence-electron chi connectivity index (χ0n) is 31.0. The fourth-order valence-corrected chi connectivity index (χ4v) is 9.17. The molecule has 0 fully saturated rings. The molecule has 0 radical (unpaired) electrons. The van der Waals surface area contributed by atoms with Crippen LogP contribution in [-0.2, 0) is 12.2 Å². The van der Waals surface area contributed by atoms with Crippen LogP contribution in [-0.4, -0.2) is 74.5 Å². The Morgan fingerprint density at radius 2 is 0.983 bits per heavy atom. The average molecular weight is 817 g/mol. The third kappa shape index (κ3) is 5.40. The largest absolute Gasteiger partial charge is 0.508 e. The average Bonchev–Trinajstić information content (AvgIpc) is 3.20. The molecule has 11 N–H and O–H groups in total. The monoisotopic (exact) mass is 816 g/mol. The number of aliphatic hydroxyl groups excluding tert-OH is 3. The first kappa shape index (κ1) is 37.1. The van der Waals surface area contributed by atoms with Gasteiger partial charge in [-0.05, 0) is 59.7 Å². The maximum atomic E-state index is 12.5. The summed E-state index contributed by atoms with van der Waals surface area (Å²) in [5.74, 6) is -7.82. The number of hydrogen-bond acceptors (Lipinski definition) is 15. The van der Waals surface area contributed by atoms with E-state index < -0.39 is 71.1 Å². The van der Waals surface area contributed by atoms with Gasteiger partial charge in [-0.3, -0.25) is 0 Å². The van der Waals surface area contributed by atoms with Gasteiger partial charge in [-0.2, -0.15) is 0 Å². The minimum atomic E-state index is -2.09. The van der Waals surface area contributed by atoms with E-state index in [0.717, 1.165) is 12.1 Å². The van der Waals surface area contributed by atoms with Crippen molar-refractivity contribution in [3.63, 3.8) is 0 Å². The molecule has 0 saturated carbocycles. The molecule has 2 bridgehead atoms. The van der Waals surface area contributed by atoms with E-state index in [0.29, 0.717) is 11.1 Å². The van der Waals surface area contributed by atoms with E-state index >= 15 is 0 Å². The van der Waals surface area contributed by atoms with Gasteiger partial charge in [0.1, 0.15) is 87.3 Å². The maximum absolute atomic E-state index is 12.5. The van der Waals surface area contributed by atoms with E-state index in [9.17, 15) is 56.2 Å². The van der Waals surface area contributed by atoms with Gasteiger partial charge in [0.2, 0.25) is 0 Å². The van der Waals surface area contributed by atoms with Crippen molar-refractivity contribution in [3.05, 3.63) is 142 Å². The molecule has 6 aromatic rings. The molecule has 0 aromatic heterocycles. The van der Waals surface area contributed by atoms with Gasteiger partial charge in [0, 0.05) is 64.1 Å². The van der Waals surface area contributed by atoms with Gasteiger partial charge in [-0.25, -0.2) is 0 Å². The summed E-state index contributed by atoms with van der Waals surface area (Å²) >= 11 is 0. The second kappa shape index (κ2) is 13.2. The molecule has 4 heterocycles. The summed E-state index contributed by atoms with van der Waals surface area (Å²) in [5.41, 5.74) is 0.936. The minimum absolute atomic E-state index is 0.0125. The third-order valence-electron chi connectivity index (χ3n) is 11.9. The molecule has 0 amide bonds. The molecule has 306 valence electrons. The normalized spacial score (nSPS) is 25.8. The molecule has 4 aliphatic rings. The van der Waals surface area contributed by atoms with Crippen molar-refractivity contribution in [2.45, 2.75) is 54.6 Å². The molecular formula is C45H36O15. The SMILES string of the molecule is Oc1ccc([C@H]2Oc3c(c(O)cc4c3[C@H]3c5c(O)cc(O)cc5O[C@@](c5ccc(O)cc5)(O4)[C@@H]3O)[C@H](c3c(O)cc(O)c4c3O[C@@H](c3ccc(O)cc3)[C@H](O)C4)[C@H]2O)cc1. The Hall–Kier alpha value is -7.20. The summed E-state index contributed by atoms with van der Waals surface area (Å²) in [5, 5.41) is 124. The first-order valence-corrected chi connectivity index (χ1v) is 18.9. The highest BCUT2D eigenvalue weighted by Crippen LogP contribution is 2.65. The standard InChI is InChI=1S/C45H36O15/c46-21-7-1-18(2-8-21)40-30(54)15-25-26(50)16-28(52)34(42(25)57-40)37-35-29(53)17-32-36(43(35)58-41(39(37)55)19-3-9-22(47)10-4-19)38-33-27(51)13-24(49)14-31(33)59-45(60-32,44(38)56)20-5-11-23(48)12-6-20/h1-14,16-17,30,37-41,44,46-56H,15H2/t30-,37+,38-,39-,40+,41-,44-,45+/m1/s1. The van der Waals surface area contributed by atoms with Crippen LogP contribution in [0.1, 0.15) is 68.6 Å². The lowest BCUT2D eigenvalue weighted by molar-refractivity contribution is -0.219. The van der Waals surface area contributed by atoms with Gasteiger partial charge < -0.3 is 75.1 Å². The van der Waals surface area contributed by atoms with Crippen molar-refractivity contribution in [1.82, 2.24) is 0 Å². The van der Waals surface area contributed by atoms with Gasteiger partial charge in [0.25, 0.3) is 0 Å². The summed E-state index contributed by atoms with van der Waals surface area (Å²) in [6.07, 6.45) is -7.17. The predicted molar refractivity (Wildman–Crippen MR) is 207 cm³/mol. The number of phenols is 8. The van der Waals surface area contributed by atoms with Gasteiger partial charge in [0.05, 0.1) is 17.9 Å². The summed E-state index contributed by atoms with van der Waals surface area (Å²) in [4.78, 5) is 0. The van der Waals surface area contributed by atoms with E-state index in [2.05, 4.69) is 0 Å². The predicted octanol–water partition coefficient (Wildman–Crippen LogP) is 5.13. The number of phenolic OH excluding ortho intramolecular Hbond substituents is 8. The zero-order valence-corrected chi connectivity index (χ0v) is 31.0. The smallest absolute Gasteiger partial charge is 0.305 e. The maximum Gasteiger partial charge on any atom is 0.305 e. The Labute approximate surface area is 339 Å². The van der Waals surface area contributed by atoms with E-state index in [4.69, 9.17) is 18.9 Å². The molecular weight excluding hydrogens is 780 g/mol. The van der Waals surface area contributed by atoms with E-state index in [1.54, 1.807) is 12.1 Å². The van der Waals surface area contributed by atoms with E-state index in [1.807, 2.05) is 0 Å². The Morgan fingerprint density at radius 1 is 0.467 bits per heavy atom. The van der Waals surface area contributed by atoms with Crippen LogP contribution in [0.3, 0.4) is 0 Å². The van der Waals surface area contributed by atoms with Crippen LogP contribution in [0.25, 0.3) is 0 Å². The molecule has 0 saturated heterocycles. The molecule has 4 aliphatic heterocycles. The Morgan fingerprint density at radius 3 is 1.62 bits per heavy atom. The van der Waals surface area contributed by atoms with Crippen molar-refractivity contribution >= 4 is 0 Å². The molecule has 6 aromatic carbocycles. The van der Waals surface area contributed by atoms with Crippen LogP contribution in [0.2, 0.25) is 0 Å². The number of fused-ring (bicyclic) bond motifs is 9. The van der Waals surface area contributed by atoms with Crippen LogP contribution in [0.5, 0.6) is 69.0 Å². The van der Waals surface area contributed by atoms with E-state index in [1.165, 1.54) is 72.8 Å². The first-order valence-electron chi connectivity index (χ1n) is 18.9. The highest BCUT2D eigenvalue weighted by atomic mass is 16.7. The molecule has 0 aliphatic carbocycles. The molecule has 0 spiro atoms. The minimum Gasteiger partial charge on any atom is -0.508 e. The molecule has 60 heavy (non-hydrogen) atoms. The van der Waals surface area contributed by atoms with Gasteiger partial charge in [-0.15, -0.1) is 0 Å². The third-order valence-corrected chi connectivity index (χ3v) is 11.9. The molecule has 15 nitrogen and oxygen atoms in total. The lowest BCUT2D eigenvalue weighted by atomic mass is 9.71. The number of hydrogen-bond donors (Lipinski definition) is 11. The van der Waals surface area contributed by atoms with Crippen molar-refractivity contribution in [3.8, 4) is 69.0 Å². The summed E-state index contributed by atoms with van der Waals surface area (Å²) in [6.45, 7) is 0. The second-order valence-corrected chi connectivity index (χ2v) is 15.4. The van der Waals surface area contributed by atoms with Crippen LogP contribution >= 0.6 is 0 Å². The second-order valence-electron chi connectivity index (χ2n) is 15.4. The zero-order chi connectivity index (χ0) is 41.9. The van der Waals surface area contributed by atoms with Crippen LogP contribution < -0.4 is 18.9 Å². The van der Waals surface area contributed by atoms with Crippen LogP contribution in [0.4, 0.5) is 0 Å². The topological polar surface area (TPSA) is 259 Å². The van der Waals surface area contributed by atoms with Crippen LogP contribution in [0, 0.1) is 0 Å². The first-order chi connectivity index (χ1) is 28.7. The lowest BCUT2D eigenvalue weighted by Gasteiger charge is -2.51. The lowest BCUT2D eigenvalue weighted by Crippen LogP contribution is -2.57. The van der Waals surface area contributed by atoms with Crippen molar-refractivity contribution in [1.29, 1.82) is 0 Å². The molecule has 8 atom stereocenters. The number of ether oxygens (including phenoxy) is 4. The molecule has 10 rings (SSSR count). The van der Waals surface area contributed by atoms with Crippen LogP contribution in [0.15, 0.2) is 97.1 Å². The molecule has 0 unspecified atom stereocenters. The van der Waals surface area contributed by atoms with E-state index in [-0.39, 0.29) is 85.8 Å². The quantitative estimate of drug-likeness (QED) is 0.110. The number of benzene rings is 6.